The zero-order chi connectivity index (χ0) is 22.0. The number of aromatic nitrogens is 1. The van der Waals surface area contributed by atoms with Gasteiger partial charge < -0.3 is 24.5 Å². The number of rotatable bonds is 7. The van der Waals surface area contributed by atoms with Gasteiger partial charge in [0.05, 0.1) is 18.3 Å². The average Bonchev–Trinajstić information content (AvgIpc) is 2.78. The van der Waals surface area contributed by atoms with E-state index in [9.17, 15) is 19.8 Å². The molecule has 0 saturated carbocycles. The third kappa shape index (κ3) is 4.35. The topological polar surface area (TPSA) is 118 Å². The summed E-state index contributed by atoms with van der Waals surface area (Å²) in [5.74, 6) is -2.86. The Bertz CT molecular complexity index is 1060. The second kappa shape index (κ2) is 9.93. The maximum absolute atomic E-state index is 13.0. The van der Waals surface area contributed by atoms with E-state index in [0.29, 0.717) is 5.57 Å². The van der Waals surface area contributed by atoms with Crippen LogP contribution < -0.4 is 44.3 Å². The van der Waals surface area contributed by atoms with Gasteiger partial charge in [-0.1, -0.05) is 36.4 Å². The van der Waals surface area contributed by atoms with Crippen LogP contribution in [0.4, 0.5) is 0 Å². The Kier molecular flexibility index (Phi) is 7.47. The fourth-order valence-electron chi connectivity index (χ4n) is 3.77. The summed E-state index contributed by atoms with van der Waals surface area (Å²) < 4.78 is 12.8. The van der Waals surface area contributed by atoms with E-state index in [1.54, 1.807) is 53.4 Å². The molecule has 0 bridgehead atoms. The first-order valence-corrected chi connectivity index (χ1v) is 9.64. The van der Waals surface area contributed by atoms with E-state index < -0.39 is 29.7 Å². The Labute approximate surface area is 206 Å². The van der Waals surface area contributed by atoms with Gasteiger partial charge in [-0.25, -0.2) is 4.57 Å². The zero-order valence-corrected chi connectivity index (χ0v) is 19.8. The predicted molar refractivity (Wildman–Crippen MR) is 103 cm³/mol. The third-order valence-corrected chi connectivity index (χ3v) is 5.23. The monoisotopic (exact) mass is 445 g/mol. The maximum atomic E-state index is 13.0. The van der Waals surface area contributed by atoms with Crippen LogP contribution in [-0.4, -0.2) is 48.3 Å². The number of carboxylic acids is 1. The average molecular weight is 445 g/mol. The molecule has 32 heavy (non-hydrogen) atoms. The summed E-state index contributed by atoms with van der Waals surface area (Å²) in [6.07, 6.45) is 2.34. The molecular formula is C22H20N3NaO6. The van der Waals surface area contributed by atoms with Gasteiger partial charge in [0.2, 0.25) is 0 Å². The number of fused-ring (bicyclic) bond motifs is 1. The number of hydrogen-bond acceptors (Lipinski definition) is 7. The smallest absolute Gasteiger partial charge is 0.862 e. The number of aliphatic imine (C=N–C) groups is 1. The Morgan fingerprint density at radius 1 is 1.22 bits per heavy atom. The van der Waals surface area contributed by atoms with Gasteiger partial charge in [-0.15, -0.1) is 0 Å². The number of amides is 1. The summed E-state index contributed by atoms with van der Waals surface area (Å²) >= 11 is 0. The van der Waals surface area contributed by atoms with Crippen molar-refractivity contribution in [3.63, 3.8) is 0 Å². The maximum Gasteiger partial charge on any atom is 1.00 e. The summed E-state index contributed by atoms with van der Waals surface area (Å²) in [4.78, 5) is 29.8. The predicted octanol–water partition coefficient (Wildman–Crippen LogP) is -4.48. The molecule has 0 radical (unpaired) electrons. The van der Waals surface area contributed by atoms with Crippen molar-refractivity contribution in [2.24, 2.45) is 4.99 Å². The van der Waals surface area contributed by atoms with E-state index in [2.05, 4.69) is 4.99 Å². The van der Waals surface area contributed by atoms with Crippen LogP contribution in [0.25, 0.3) is 0 Å². The van der Waals surface area contributed by atoms with E-state index in [4.69, 9.17) is 9.47 Å². The minimum atomic E-state index is -1.92. The number of carbonyl (C=O) groups excluding carboxylic acids is 2. The second-order valence-electron chi connectivity index (χ2n) is 7.19. The van der Waals surface area contributed by atoms with E-state index in [1.807, 2.05) is 12.1 Å². The molecule has 10 heteroatoms. The molecule has 4 rings (SSSR count). The number of ether oxygens (including phenoxy) is 2. The quantitative estimate of drug-likeness (QED) is 0.139. The molecule has 0 N–H and O–H groups in total. The van der Waals surface area contributed by atoms with Crippen molar-refractivity contribution < 1.29 is 63.4 Å². The summed E-state index contributed by atoms with van der Waals surface area (Å²) in [7, 11) is 1.23. The van der Waals surface area contributed by atoms with E-state index in [0.717, 1.165) is 10.5 Å². The number of methoxy groups -OCH3 is 1. The van der Waals surface area contributed by atoms with Gasteiger partial charge in [-0.05, 0) is 11.5 Å². The van der Waals surface area contributed by atoms with Crippen LogP contribution in [0, 0.1) is 0 Å². The number of pyridine rings is 1. The van der Waals surface area contributed by atoms with Gasteiger partial charge in [0.25, 0.3) is 11.6 Å². The molecule has 0 spiro atoms. The summed E-state index contributed by atoms with van der Waals surface area (Å²) in [6, 6.07) is 14.4. The van der Waals surface area contributed by atoms with Gasteiger partial charge >= 0.3 is 29.6 Å². The Balaban J connectivity index is 0.00000289. The van der Waals surface area contributed by atoms with Gasteiger partial charge in [-0.2, -0.15) is 0 Å². The molecule has 9 nitrogen and oxygen atoms in total. The number of hydrogen-bond donors (Lipinski definition) is 0. The van der Waals surface area contributed by atoms with Gasteiger partial charge in [0.15, 0.2) is 25.2 Å². The molecule has 1 amide bonds. The van der Waals surface area contributed by atoms with Crippen LogP contribution >= 0.6 is 0 Å². The Morgan fingerprint density at radius 3 is 2.50 bits per heavy atom. The normalized spacial score (nSPS) is 22.7. The molecule has 1 saturated heterocycles. The fraction of sp³-hybridized carbons (Fsp3) is 0.273. The number of carbonyl (C=O) groups is 2. The van der Waals surface area contributed by atoms with Crippen LogP contribution in [-0.2, 0) is 32.0 Å². The SMILES string of the molecule is CO[C@@]1(N=C([O-])Cc2ccccc2)C(=O)N2C(C(=O)[O-])=C(C[n+]3ccccc3)CO[C@@H]21.[Na+]. The first-order chi connectivity index (χ1) is 15.0. The molecule has 160 valence electrons. The van der Waals surface area contributed by atoms with E-state index >= 15 is 0 Å². The molecule has 2 aliphatic heterocycles. The van der Waals surface area contributed by atoms with E-state index in [-0.39, 0.29) is 54.8 Å². The number of aliphatic carboxylic acids is 1. The molecular weight excluding hydrogens is 425 g/mol. The van der Waals surface area contributed by atoms with Crippen LogP contribution in [0.15, 0.2) is 77.2 Å². The van der Waals surface area contributed by atoms with Crippen molar-refractivity contribution >= 4 is 17.8 Å². The Morgan fingerprint density at radius 2 is 1.88 bits per heavy atom. The molecule has 0 unspecified atom stereocenters. The molecule has 1 fully saturated rings. The Hall–Kier alpha value is -2.56. The first kappa shape index (κ1) is 24.1. The summed E-state index contributed by atoms with van der Waals surface area (Å²) in [5.41, 5.74) is -1.11. The molecule has 0 aliphatic carbocycles. The minimum absolute atomic E-state index is 0. The van der Waals surface area contributed by atoms with E-state index in [1.165, 1.54) is 7.11 Å². The van der Waals surface area contributed by atoms with Crippen molar-refractivity contribution in [2.75, 3.05) is 13.7 Å². The molecule has 1 aromatic heterocycles. The van der Waals surface area contributed by atoms with Crippen molar-refractivity contribution in [1.82, 2.24) is 4.90 Å². The largest absolute Gasteiger partial charge is 1.00 e. The molecule has 2 aromatic rings. The molecule has 2 atom stereocenters. The number of β-lactam (4-membered cyclic amide) rings is 1. The van der Waals surface area contributed by atoms with Gasteiger partial charge in [0.1, 0.15) is 0 Å². The van der Waals surface area contributed by atoms with Crippen LogP contribution in [0.2, 0.25) is 0 Å². The zero-order valence-electron chi connectivity index (χ0n) is 17.8. The van der Waals surface area contributed by atoms with Gasteiger partial charge in [0, 0.05) is 31.2 Å². The third-order valence-electron chi connectivity index (χ3n) is 5.23. The number of nitrogens with zero attached hydrogens (tertiary/aromatic N) is 3. The van der Waals surface area contributed by atoms with Crippen LogP contribution in [0.5, 0.6) is 0 Å². The summed E-state index contributed by atoms with van der Waals surface area (Å²) in [5, 5.41) is 24.4. The van der Waals surface area contributed by atoms with Crippen molar-refractivity contribution in [1.29, 1.82) is 0 Å². The number of carboxylic acid groups (broad SMARTS) is 1. The number of benzene rings is 1. The van der Waals surface area contributed by atoms with Crippen LogP contribution in [0.3, 0.4) is 0 Å². The second-order valence-corrected chi connectivity index (χ2v) is 7.19. The van der Waals surface area contributed by atoms with Crippen molar-refractivity contribution in [2.45, 2.75) is 24.9 Å². The van der Waals surface area contributed by atoms with Gasteiger partial charge in [-0.3, -0.25) is 14.7 Å². The standard InChI is InChI=1S/C22H21N3O6.Na/c1-30-22(23-17(26)12-15-8-4-2-5-9-15)20(29)25-18(19(27)28)16(14-31-21(22)25)13-24-10-6-3-7-11-24;/h2-11,21H,12-14H2,1H3,(H-,23,26,27,28);/q;+1/p-1/t21-,22+;/m1./s1. The fourth-order valence-corrected chi connectivity index (χ4v) is 3.77. The minimum Gasteiger partial charge on any atom is -0.862 e. The summed E-state index contributed by atoms with van der Waals surface area (Å²) in [6.45, 7) is 0.123. The van der Waals surface area contributed by atoms with Crippen LogP contribution in [0.1, 0.15) is 5.56 Å². The molecule has 1 aromatic carbocycles. The van der Waals surface area contributed by atoms with Crippen molar-refractivity contribution in [3.8, 4) is 0 Å². The first-order valence-electron chi connectivity index (χ1n) is 9.64. The molecule has 2 aliphatic rings. The molecule has 3 heterocycles. The van der Waals surface area contributed by atoms with Crippen molar-refractivity contribution in [3.05, 3.63) is 77.8 Å².